The molecule has 0 aliphatic carbocycles. The van der Waals surface area contributed by atoms with Crippen molar-refractivity contribution in [2.24, 2.45) is 0 Å². The molecule has 0 radical (unpaired) electrons. The quantitative estimate of drug-likeness (QED) is 0.674. The second-order valence-electron chi connectivity index (χ2n) is 2.80. The molecular weight excluding hydrogens is 285 g/mol. The first-order valence-corrected chi connectivity index (χ1v) is 8.95. The number of carbonyl (C=O) groups is 1. The van der Waals surface area contributed by atoms with E-state index in [4.69, 9.17) is 8.22 Å². The maximum absolute atomic E-state index is 12.2. The minimum absolute atomic E-state index is 0.127. The van der Waals surface area contributed by atoms with Crippen molar-refractivity contribution in [1.29, 1.82) is 0 Å². The van der Waals surface area contributed by atoms with Gasteiger partial charge in [0.05, 0.1) is 8.22 Å². The van der Waals surface area contributed by atoms with Crippen LogP contribution in [0.4, 0.5) is 0 Å². The number of hydrogen-bond acceptors (Lipinski definition) is 6. The summed E-state index contributed by atoms with van der Waals surface area (Å²) >= 11 is 0.309. The molecule has 2 unspecified atom stereocenters. The first-order valence-electron chi connectivity index (χ1n) is 7.44. The van der Waals surface area contributed by atoms with Crippen molar-refractivity contribution in [2.45, 2.75) is 12.2 Å². The molecule has 0 heterocycles. The molecule has 17 heavy (non-hydrogen) atoms. The Balaban J connectivity index is 4.78. The zero-order valence-corrected chi connectivity index (χ0v) is 11.8. The van der Waals surface area contributed by atoms with Gasteiger partial charge in [-0.25, -0.2) is 4.57 Å². The smallest absolute Gasteiger partial charge is 0.358 e. The van der Waals surface area contributed by atoms with Crippen LogP contribution in [-0.2, 0) is 29.2 Å². The second-order valence-corrected chi connectivity index (χ2v) is 8.72. The third-order valence-electron chi connectivity index (χ3n) is 1.77. The van der Waals surface area contributed by atoms with Crippen molar-refractivity contribution in [3.8, 4) is 0 Å². The monoisotopic (exact) mass is 309 g/mol. The van der Waals surface area contributed by atoms with Crippen LogP contribution in [0.15, 0.2) is 0 Å². The van der Waals surface area contributed by atoms with Gasteiger partial charge in [0.15, 0.2) is 0 Å². The second kappa shape index (κ2) is 8.26. The molecule has 6 nitrogen and oxygen atoms in total. The average molecular weight is 309 g/mol. The molecule has 0 aromatic rings. The predicted octanol–water partition coefficient (Wildman–Crippen LogP) is 1.00. The Hall–Kier alpha value is 0.120. The maximum Gasteiger partial charge on any atom is 0.388 e. The highest BCUT2D eigenvalue weighted by Crippen LogP contribution is 2.59. The van der Waals surface area contributed by atoms with E-state index < -0.39 is 42.8 Å². The zero-order valence-electron chi connectivity index (χ0n) is 15.3. The van der Waals surface area contributed by atoms with Crippen LogP contribution in [0.1, 0.15) is 15.1 Å². The van der Waals surface area contributed by atoms with Gasteiger partial charge < -0.3 is 14.4 Å². The molecule has 0 aromatic carbocycles. The Morgan fingerprint density at radius 3 is 2.65 bits per heavy atom. The average Bonchev–Trinajstić information content (AvgIpc) is 2.31. The molecule has 0 saturated heterocycles. The summed E-state index contributed by atoms with van der Waals surface area (Å²) in [5.74, 6) is -0.760. The SMILES string of the molecule is [2H]C([2H])([2H])OP(=O)(OC([2H])([2H])[2H])SCCS(=O)C(C)C(=O)NC. The third-order valence-corrected chi connectivity index (χ3v) is 6.73. The van der Waals surface area contributed by atoms with Crippen LogP contribution in [-0.4, -0.2) is 48.0 Å². The fraction of sp³-hybridized carbons (Fsp3) is 0.875. The Morgan fingerprint density at radius 1 is 1.59 bits per heavy atom. The van der Waals surface area contributed by atoms with Crippen molar-refractivity contribution in [3.05, 3.63) is 0 Å². The van der Waals surface area contributed by atoms with Gasteiger partial charge >= 0.3 is 6.80 Å². The van der Waals surface area contributed by atoms with Gasteiger partial charge in [-0.1, -0.05) is 0 Å². The first kappa shape index (κ1) is 9.09. The summed E-state index contributed by atoms with van der Waals surface area (Å²) in [5.41, 5.74) is 0. The van der Waals surface area contributed by atoms with Crippen LogP contribution in [0.3, 0.4) is 0 Å². The lowest BCUT2D eigenvalue weighted by molar-refractivity contribution is -0.119. The van der Waals surface area contributed by atoms with E-state index in [9.17, 15) is 13.6 Å². The van der Waals surface area contributed by atoms with Crippen LogP contribution in [0.2, 0.25) is 0 Å². The van der Waals surface area contributed by atoms with Crippen LogP contribution < -0.4 is 5.32 Å². The molecule has 1 amide bonds. The lowest BCUT2D eigenvalue weighted by Gasteiger charge is -2.13. The minimum Gasteiger partial charge on any atom is -0.358 e. The van der Waals surface area contributed by atoms with Crippen LogP contribution in [0, 0.1) is 0 Å². The fourth-order valence-electron chi connectivity index (χ4n) is 0.802. The van der Waals surface area contributed by atoms with Gasteiger partial charge in [-0.2, -0.15) is 0 Å². The highest BCUT2D eigenvalue weighted by molar-refractivity contribution is 8.55. The Morgan fingerprint density at radius 2 is 2.18 bits per heavy atom. The number of hydrogen-bond donors (Lipinski definition) is 1. The number of rotatable bonds is 8. The molecule has 0 aliphatic rings. The molecule has 0 saturated carbocycles. The molecule has 0 bridgehead atoms. The predicted molar refractivity (Wildman–Crippen MR) is 70.6 cm³/mol. The van der Waals surface area contributed by atoms with E-state index in [1.54, 1.807) is 0 Å². The van der Waals surface area contributed by atoms with Crippen LogP contribution in [0.5, 0.6) is 0 Å². The van der Waals surface area contributed by atoms with Gasteiger partial charge in [0.25, 0.3) is 0 Å². The van der Waals surface area contributed by atoms with E-state index in [1.165, 1.54) is 14.0 Å². The summed E-state index contributed by atoms with van der Waals surface area (Å²) in [6.45, 7) is -3.10. The van der Waals surface area contributed by atoms with Crippen molar-refractivity contribution in [2.75, 3.05) is 32.6 Å². The molecule has 9 heteroatoms. The first-order chi connectivity index (χ1) is 10.2. The van der Waals surface area contributed by atoms with E-state index in [-0.39, 0.29) is 11.5 Å². The largest absolute Gasteiger partial charge is 0.388 e. The highest BCUT2D eigenvalue weighted by Gasteiger charge is 2.24. The Kier molecular flexibility index (Phi) is 4.42. The summed E-state index contributed by atoms with van der Waals surface area (Å²) in [7, 11) is -6.49. The summed E-state index contributed by atoms with van der Waals surface area (Å²) in [6, 6.07) is 0. The van der Waals surface area contributed by atoms with Crippen LogP contribution >= 0.6 is 18.2 Å². The summed E-state index contributed by atoms with van der Waals surface area (Å²) in [5, 5.41) is 1.50. The number of nitrogens with one attached hydrogen (secondary N) is 1. The lowest BCUT2D eigenvalue weighted by atomic mass is 10.4. The summed E-state index contributed by atoms with van der Waals surface area (Å²) in [6.07, 6.45) is 0. The molecular formula is C8H18NO5PS2. The van der Waals surface area contributed by atoms with E-state index in [0.717, 1.165) is 0 Å². The molecule has 0 spiro atoms. The summed E-state index contributed by atoms with van der Waals surface area (Å²) < 4.78 is 74.1. The molecule has 1 N–H and O–H groups in total. The van der Waals surface area contributed by atoms with Gasteiger partial charge in [0, 0.05) is 43.4 Å². The van der Waals surface area contributed by atoms with Crippen molar-refractivity contribution < 1.29 is 30.8 Å². The van der Waals surface area contributed by atoms with Gasteiger partial charge in [-0.05, 0) is 18.3 Å². The van der Waals surface area contributed by atoms with E-state index >= 15 is 0 Å². The normalized spacial score (nSPS) is 22.0. The van der Waals surface area contributed by atoms with Crippen LogP contribution in [0.25, 0.3) is 0 Å². The highest BCUT2D eigenvalue weighted by atomic mass is 32.7. The maximum atomic E-state index is 12.2. The number of carbonyl (C=O) groups excluding carboxylic acids is 1. The van der Waals surface area contributed by atoms with E-state index in [0.29, 0.717) is 11.4 Å². The van der Waals surface area contributed by atoms with Gasteiger partial charge in [0.2, 0.25) is 5.91 Å². The molecule has 102 valence electrons. The standard InChI is InChI=1S/C8H18NO5PS2/c1-7(8(10)9-2)17(12)6-5-16-15(11,13-3)14-4/h7H,5-6H2,1-4H3,(H,9,10)/i3D3,4D3. The van der Waals surface area contributed by atoms with Gasteiger partial charge in [0.1, 0.15) is 5.25 Å². The third kappa shape index (κ3) is 6.01. The number of amides is 1. The zero-order chi connectivity index (χ0) is 18.5. The Bertz CT molecular complexity index is 465. The van der Waals surface area contributed by atoms with E-state index in [2.05, 4.69) is 14.4 Å². The van der Waals surface area contributed by atoms with Gasteiger partial charge in [-0.3, -0.25) is 9.00 Å². The van der Waals surface area contributed by atoms with Crippen molar-refractivity contribution in [1.82, 2.24) is 5.32 Å². The topological polar surface area (TPSA) is 81.7 Å². The molecule has 2 atom stereocenters. The molecule has 0 aromatic heterocycles. The van der Waals surface area contributed by atoms with Crippen molar-refractivity contribution >= 4 is 34.9 Å². The lowest BCUT2D eigenvalue weighted by Crippen LogP contribution is -2.34. The van der Waals surface area contributed by atoms with Crippen molar-refractivity contribution in [3.63, 3.8) is 0 Å². The summed E-state index contributed by atoms with van der Waals surface area (Å²) in [4.78, 5) is 11.3. The molecule has 0 fully saturated rings. The van der Waals surface area contributed by atoms with Gasteiger partial charge in [-0.15, -0.1) is 0 Å². The van der Waals surface area contributed by atoms with E-state index in [1.807, 2.05) is 0 Å². The molecule has 0 aliphatic heterocycles. The Labute approximate surface area is 116 Å². The fourth-order valence-corrected chi connectivity index (χ4v) is 4.49. The molecule has 0 rings (SSSR count). The minimum atomic E-state index is -4.52.